The average molecular weight is 279 g/mol. The van der Waals surface area contributed by atoms with Crippen LogP contribution in [-0.2, 0) is 14.1 Å². The monoisotopic (exact) mass is 279 g/mol. The van der Waals surface area contributed by atoms with Crippen molar-refractivity contribution in [1.29, 1.82) is 0 Å². The lowest BCUT2D eigenvalue weighted by Gasteiger charge is -2.24. The lowest BCUT2D eigenvalue weighted by Crippen LogP contribution is -2.33. The second kappa shape index (κ2) is 7.27. The summed E-state index contributed by atoms with van der Waals surface area (Å²) >= 11 is 0. The Morgan fingerprint density at radius 2 is 1.89 bits per heavy atom. The number of ether oxygens (including phenoxy) is 1. The van der Waals surface area contributed by atoms with Crippen LogP contribution in [0.25, 0.3) is 0 Å². The van der Waals surface area contributed by atoms with Crippen molar-refractivity contribution >= 4 is 13.5 Å². The Bertz CT molecular complexity index is 306. The topological polar surface area (TPSA) is 89.6 Å². The fourth-order valence-electron chi connectivity index (χ4n) is 1.59. The molecule has 3 N–H and O–H groups in total. The highest BCUT2D eigenvalue weighted by Gasteiger charge is 2.36. The van der Waals surface area contributed by atoms with E-state index in [0.717, 1.165) is 19.3 Å². The first-order chi connectivity index (χ1) is 8.08. The van der Waals surface area contributed by atoms with Gasteiger partial charge in [-0.3, -0.25) is 14.9 Å². The molecular weight excluding hydrogens is 253 g/mol. The van der Waals surface area contributed by atoms with Crippen LogP contribution in [0, 0.1) is 0 Å². The number of carbonyl (C=O) groups excluding carboxylic acids is 1. The molecule has 0 amide bonds. The van der Waals surface area contributed by atoms with Gasteiger partial charge in [-0.15, -0.1) is 0 Å². The predicted octanol–water partition coefficient (Wildman–Crippen LogP) is 2.81. The number of carbonyl (C=O) groups is 1. The van der Waals surface area contributed by atoms with Crippen LogP contribution in [0.15, 0.2) is 0 Å². The molecule has 0 radical (unpaired) electrons. The van der Waals surface area contributed by atoms with Crippen molar-refractivity contribution in [3.63, 3.8) is 0 Å². The molecule has 0 bridgehead atoms. The number of rotatable bonds is 7. The van der Waals surface area contributed by atoms with Gasteiger partial charge in [0.25, 0.3) is 7.52 Å². The van der Waals surface area contributed by atoms with E-state index >= 15 is 0 Å². The highest BCUT2D eigenvalue weighted by Crippen LogP contribution is 2.41. The van der Waals surface area contributed by atoms with Crippen LogP contribution in [0.3, 0.4) is 0 Å². The third-order valence-electron chi connectivity index (χ3n) is 2.46. The maximum atomic E-state index is 11.8. The molecule has 2 atom stereocenters. The van der Waals surface area contributed by atoms with Crippen molar-refractivity contribution in [3.8, 4) is 0 Å². The first-order valence-electron chi connectivity index (χ1n) is 6.42. The Balaban J connectivity index is 4.51. The van der Waals surface area contributed by atoms with Gasteiger partial charge in [0.2, 0.25) is 0 Å². The van der Waals surface area contributed by atoms with Gasteiger partial charge in [-0.05, 0) is 27.2 Å². The number of esters is 1. The smallest absolute Gasteiger partial charge is 0.320 e. The quantitative estimate of drug-likeness (QED) is 0.425. The second-order valence-corrected chi connectivity index (χ2v) is 7.54. The molecule has 0 rings (SSSR count). The van der Waals surface area contributed by atoms with E-state index in [2.05, 4.69) is 6.92 Å². The Hall–Kier alpha value is -0.380. The van der Waals surface area contributed by atoms with Crippen LogP contribution < -0.4 is 5.50 Å². The summed E-state index contributed by atoms with van der Waals surface area (Å²) in [6.45, 7) is 7.23. The van der Waals surface area contributed by atoms with Crippen molar-refractivity contribution in [1.82, 2.24) is 0 Å². The number of nitrogens with two attached hydrogens (primary N) is 1. The second-order valence-electron chi connectivity index (χ2n) is 5.57. The van der Waals surface area contributed by atoms with E-state index in [1.165, 1.54) is 0 Å². The van der Waals surface area contributed by atoms with Crippen LogP contribution in [-0.4, -0.2) is 22.1 Å². The minimum Gasteiger partial charge on any atom is -0.459 e. The van der Waals surface area contributed by atoms with E-state index in [1.807, 2.05) is 0 Å². The van der Waals surface area contributed by atoms with E-state index in [9.17, 15) is 14.3 Å². The number of hydrogen-bond acceptors (Lipinski definition) is 3. The lowest BCUT2D eigenvalue weighted by atomic mass is 10.1. The minimum absolute atomic E-state index is 0.305. The molecule has 0 saturated carbocycles. The zero-order valence-corrected chi connectivity index (χ0v) is 12.7. The molecular formula is C12H26NO4P. The van der Waals surface area contributed by atoms with Gasteiger partial charge in [-0.2, -0.15) is 0 Å². The molecule has 0 fully saturated rings. The van der Waals surface area contributed by atoms with Gasteiger partial charge in [0, 0.05) is 0 Å². The predicted molar refractivity (Wildman–Crippen MR) is 72.4 cm³/mol. The van der Waals surface area contributed by atoms with Gasteiger partial charge in [-0.1, -0.05) is 32.6 Å². The van der Waals surface area contributed by atoms with E-state index in [4.69, 9.17) is 10.2 Å². The summed E-state index contributed by atoms with van der Waals surface area (Å²) < 4.78 is 16.7. The van der Waals surface area contributed by atoms with Crippen LogP contribution >= 0.6 is 7.52 Å². The van der Waals surface area contributed by atoms with Crippen molar-refractivity contribution in [3.05, 3.63) is 0 Å². The third kappa shape index (κ3) is 7.85. The van der Waals surface area contributed by atoms with E-state index in [-0.39, 0.29) is 0 Å². The Morgan fingerprint density at radius 1 is 1.33 bits per heavy atom. The van der Waals surface area contributed by atoms with E-state index in [1.54, 1.807) is 20.8 Å². The highest BCUT2D eigenvalue weighted by molar-refractivity contribution is 7.57. The molecule has 18 heavy (non-hydrogen) atoms. The summed E-state index contributed by atoms with van der Waals surface area (Å²) in [6.07, 6.45) is 4.05. The van der Waals surface area contributed by atoms with Gasteiger partial charge in [0.05, 0.1) is 0 Å². The number of hydrogen-bond donors (Lipinski definition) is 2. The Kier molecular flexibility index (Phi) is 7.11. The van der Waals surface area contributed by atoms with Gasteiger partial charge in [-0.25, -0.2) is 0 Å². The maximum Gasteiger partial charge on any atom is 0.320 e. The van der Waals surface area contributed by atoms with E-state index < -0.39 is 24.7 Å². The fourth-order valence-corrected chi connectivity index (χ4v) is 2.50. The lowest BCUT2D eigenvalue weighted by molar-refractivity contribution is -0.154. The zero-order chi connectivity index (χ0) is 14.4. The molecule has 0 aliphatic heterocycles. The van der Waals surface area contributed by atoms with Crippen molar-refractivity contribution in [2.24, 2.45) is 5.50 Å². The average Bonchev–Trinajstić information content (AvgIpc) is 2.12. The third-order valence-corrected chi connectivity index (χ3v) is 3.82. The summed E-state index contributed by atoms with van der Waals surface area (Å²) in [5.41, 5.74) is 3.45. The normalized spacial score (nSPS) is 17.0. The van der Waals surface area contributed by atoms with Gasteiger partial charge >= 0.3 is 5.97 Å². The molecule has 108 valence electrons. The van der Waals surface area contributed by atoms with Crippen molar-refractivity contribution in [2.45, 2.75) is 71.1 Å². The molecule has 0 aromatic rings. The molecule has 0 spiro atoms. The summed E-state index contributed by atoms with van der Waals surface area (Å²) in [4.78, 5) is 21.3. The highest BCUT2D eigenvalue weighted by atomic mass is 31.2. The molecule has 6 heteroatoms. The minimum atomic E-state index is -3.94. The molecule has 0 aromatic carbocycles. The molecule has 0 saturated heterocycles. The summed E-state index contributed by atoms with van der Waals surface area (Å²) in [6, 6.07) is 0. The SMILES string of the molecule is CCCCCCC(C(=O)OC(C)(C)C)P(N)(=O)O. The fraction of sp³-hybridized carbons (Fsp3) is 0.917. The van der Waals surface area contributed by atoms with Crippen LogP contribution in [0.5, 0.6) is 0 Å². The molecule has 2 unspecified atom stereocenters. The molecule has 5 nitrogen and oxygen atoms in total. The van der Waals surface area contributed by atoms with Gasteiger partial charge < -0.3 is 9.63 Å². The van der Waals surface area contributed by atoms with Gasteiger partial charge in [0.15, 0.2) is 0 Å². The maximum absolute atomic E-state index is 11.8. The van der Waals surface area contributed by atoms with E-state index in [0.29, 0.717) is 12.8 Å². The standard InChI is InChI=1S/C12H26NO4P/c1-5-6-7-8-9-10(18(13,15)16)11(14)17-12(2,3)4/h10H,5-9H2,1-4H3,(H3,13,15,16). The largest absolute Gasteiger partial charge is 0.459 e. The zero-order valence-electron chi connectivity index (χ0n) is 11.8. The molecule has 0 aliphatic carbocycles. The Morgan fingerprint density at radius 3 is 2.28 bits per heavy atom. The molecule has 0 aromatic heterocycles. The first kappa shape index (κ1) is 17.6. The summed E-state index contributed by atoms with van der Waals surface area (Å²) in [5, 5.41) is 0. The van der Waals surface area contributed by atoms with Crippen molar-refractivity contribution in [2.75, 3.05) is 0 Å². The summed E-state index contributed by atoms with van der Waals surface area (Å²) in [7, 11) is -3.94. The van der Waals surface area contributed by atoms with Crippen LogP contribution in [0.4, 0.5) is 0 Å². The number of unbranched alkanes of at least 4 members (excludes halogenated alkanes) is 3. The Labute approximate surface area is 110 Å². The van der Waals surface area contributed by atoms with Crippen molar-refractivity contribution < 1.29 is 19.0 Å². The molecule has 0 heterocycles. The first-order valence-corrected chi connectivity index (χ1v) is 8.21. The van der Waals surface area contributed by atoms with Crippen LogP contribution in [0.2, 0.25) is 0 Å². The van der Waals surface area contributed by atoms with Crippen LogP contribution in [0.1, 0.15) is 59.8 Å². The van der Waals surface area contributed by atoms with Gasteiger partial charge in [0.1, 0.15) is 11.3 Å². The summed E-state index contributed by atoms with van der Waals surface area (Å²) in [5.74, 6) is -0.674. The molecule has 0 aliphatic rings.